The number of rotatable bonds is 5. The quantitative estimate of drug-likeness (QED) is 0.682. The number of aryl methyl sites for hydroxylation is 2. The Morgan fingerprint density at radius 3 is 2.62 bits per heavy atom. The number of halogens is 1. The normalized spacial score (nSPS) is 16.2. The molecule has 3 heterocycles. The highest BCUT2D eigenvalue weighted by Crippen LogP contribution is 2.26. The van der Waals surface area contributed by atoms with Gasteiger partial charge >= 0.3 is 0 Å². The zero-order chi connectivity index (χ0) is 17.9. The number of tetrazole rings is 1. The van der Waals surface area contributed by atoms with Crippen molar-refractivity contribution in [2.24, 2.45) is 0 Å². The molecule has 1 saturated heterocycles. The van der Waals surface area contributed by atoms with Crippen molar-refractivity contribution in [3.8, 4) is 11.4 Å². The van der Waals surface area contributed by atoms with Crippen molar-refractivity contribution in [3.63, 3.8) is 0 Å². The number of benzene rings is 1. The van der Waals surface area contributed by atoms with Crippen molar-refractivity contribution < 1.29 is 0 Å². The highest BCUT2D eigenvalue weighted by Gasteiger charge is 2.23. The summed E-state index contributed by atoms with van der Waals surface area (Å²) >= 11 is 6.01. The highest BCUT2D eigenvalue weighted by molar-refractivity contribution is 6.30. The fourth-order valence-electron chi connectivity index (χ4n) is 3.28. The average Bonchev–Trinajstić information content (AvgIpc) is 3.31. The standard InChI is InChI=1S/C17H21ClN8/c1-24-9-6-15(7-10-24)26-16(8-11-25-12-19-22-23-25)20-17(21-26)13-2-4-14(18)5-3-13/h2-5,12,15H,6-11H2,1H3. The molecule has 1 aromatic carbocycles. The van der Waals surface area contributed by atoms with Gasteiger partial charge in [0.15, 0.2) is 5.82 Å². The summed E-state index contributed by atoms with van der Waals surface area (Å²) < 4.78 is 3.83. The molecule has 8 nitrogen and oxygen atoms in total. The van der Waals surface area contributed by atoms with Gasteiger partial charge < -0.3 is 4.90 Å². The first-order valence-electron chi connectivity index (χ1n) is 8.80. The Morgan fingerprint density at radius 2 is 1.92 bits per heavy atom. The van der Waals surface area contributed by atoms with Crippen LogP contribution in [0, 0.1) is 0 Å². The molecule has 0 unspecified atom stereocenters. The van der Waals surface area contributed by atoms with Crippen LogP contribution in [0.5, 0.6) is 0 Å². The molecule has 0 atom stereocenters. The summed E-state index contributed by atoms with van der Waals surface area (Å²) in [6.07, 6.45) is 4.52. The molecular weight excluding hydrogens is 352 g/mol. The van der Waals surface area contributed by atoms with E-state index in [0.717, 1.165) is 49.6 Å². The third kappa shape index (κ3) is 3.76. The van der Waals surface area contributed by atoms with Gasteiger partial charge in [-0.05, 0) is 67.7 Å². The van der Waals surface area contributed by atoms with Gasteiger partial charge in [-0.2, -0.15) is 5.10 Å². The van der Waals surface area contributed by atoms with Crippen LogP contribution < -0.4 is 0 Å². The lowest BCUT2D eigenvalue weighted by Gasteiger charge is -2.29. The molecule has 9 heteroatoms. The van der Waals surface area contributed by atoms with Gasteiger partial charge in [0.05, 0.1) is 12.6 Å². The van der Waals surface area contributed by atoms with E-state index in [-0.39, 0.29) is 0 Å². The van der Waals surface area contributed by atoms with E-state index in [1.54, 1.807) is 11.0 Å². The van der Waals surface area contributed by atoms with Crippen LogP contribution >= 0.6 is 11.6 Å². The predicted molar refractivity (Wildman–Crippen MR) is 97.8 cm³/mol. The minimum atomic E-state index is 0.378. The second-order valence-corrected chi connectivity index (χ2v) is 7.10. The summed E-state index contributed by atoms with van der Waals surface area (Å²) in [5.41, 5.74) is 0.977. The molecule has 0 radical (unpaired) electrons. The largest absolute Gasteiger partial charge is 0.306 e. The molecule has 26 heavy (non-hydrogen) atoms. The molecule has 4 rings (SSSR count). The molecule has 0 spiro atoms. The predicted octanol–water partition coefficient (Wildman–Crippen LogP) is 2.09. The third-order valence-corrected chi connectivity index (χ3v) is 5.05. The molecule has 1 aliphatic rings. The van der Waals surface area contributed by atoms with Crippen LogP contribution in [-0.2, 0) is 13.0 Å². The van der Waals surface area contributed by atoms with E-state index in [0.29, 0.717) is 17.6 Å². The third-order valence-electron chi connectivity index (χ3n) is 4.79. The number of piperidine rings is 1. The number of likely N-dealkylation sites (tertiary alicyclic amines) is 1. The van der Waals surface area contributed by atoms with Crippen molar-refractivity contribution >= 4 is 11.6 Å². The SMILES string of the molecule is CN1CCC(n2nc(-c3ccc(Cl)cc3)nc2CCn2cnnn2)CC1. The maximum absolute atomic E-state index is 6.01. The van der Waals surface area contributed by atoms with Gasteiger partial charge in [0, 0.05) is 17.0 Å². The fourth-order valence-corrected chi connectivity index (χ4v) is 3.40. The monoisotopic (exact) mass is 372 g/mol. The Morgan fingerprint density at radius 1 is 1.15 bits per heavy atom. The summed E-state index contributed by atoms with van der Waals surface area (Å²) in [5.74, 6) is 1.72. The van der Waals surface area contributed by atoms with E-state index >= 15 is 0 Å². The zero-order valence-corrected chi connectivity index (χ0v) is 15.4. The van der Waals surface area contributed by atoms with Gasteiger partial charge in [-0.3, -0.25) is 0 Å². The molecule has 0 N–H and O–H groups in total. The van der Waals surface area contributed by atoms with E-state index in [2.05, 4.69) is 32.2 Å². The van der Waals surface area contributed by atoms with Gasteiger partial charge in [-0.1, -0.05) is 11.6 Å². The molecule has 0 aliphatic carbocycles. The maximum atomic E-state index is 6.01. The Hall–Kier alpha value is -2.32. The molecule has 136 valence electrons. The van der Waals surface area contributed by atoms with Gasteiger partial charge in [-0.25, -0.2) is 14.3 Å². The number of aromatic nitrogens is 7. The van der Waals surface area contributed by atoms with Crippen molar-refractivity contribution in [1.29, 1.82) is 0 Å². The van der Waals surface area contributed by atoms with Crippen LogP contribution in [0.1, 0.15) is 24.7 Å². The highest BCUT2D eigenvalue weighted by atomic mass is 35.5. The lowest BCUT2D eigenvalue weighted by molar-refractivity contribution is 0.209. The van der Waals surface area contributed by atoms with Crippen LogP contribution in [0.4, 0.5) is 0 Å². The summed E-state index contributed by atoms with van der Waals surface area (Å²) in [7, 11) is 2.16. The zero-order valence-electron chi connectivity index (χ0n) is 14.7. The van der Waals surface area contributed by atoms with E-state index in [9.17, 15) is 0 Å². The maximum Gasteiger partial charge on any atom is 0.181 e. The number of nitrogens with zero attached hydrogens (tertiary/aromatic N) is 8. The van der Waals surface area contributed by atoms with Crippen molar-refractivity contribution in [3.05, 3.63) is 41.4 Å². The van der Waals surface area contributed by atoms with Crippen LogP contribution in [0.15, 0.2) is 30.6 Å². The molecule has 2 aromatic heterocycles. The minimum absolute atomic E-state index is 0.378. The van der Waals surface area contributed by atoms with Crippen molar-refractivity contribution in [1.82, 2.24) is 39.9 Å². The van der Waals surface area contributed by atoms with Crippen LogP contribution in [0.3, 0.4) is 0 Å². The Kier molecular flexibility index (Phi) is 4.94. The Balaban J connectivity index is 1.61. The summed E-state index contributed by atoms with van der Waals surface area (Å²) in [6.45, 7) is 2.83. The second-order valence-electron chi connectivity index (χ2n) is 6.66. The Bertz CT molecular complexity index is 834. The second kappa shape index (κ2) is 7.51. The van der Waals surface area contributed by atoms with Crippen LogP contribution in [-0.4, -0.2) is 60.0 Å². The average molecular weight is 373 g/mol. The summed E-state index contributed by atoms with van der Waals surface area (Å²) in [5, 5.41) is 16.9. The number of hydrogen-bond acceptors (Lipinski definition) is 6. The van der Waals surface area contributed by atoms with Crippen molar-refractivity contribution in [2.45, 2.75) is 31.8 Å². The lowest BCUT2D eigenvalue weighted by atomic mass is 10.1. The van der Waals surface area contributed by atoms with Gasteiger partial charge in [0.1, 0.15) is 12.2 Å². The smallest absolute Gasteiger partial charge is 0.181 e. The van der Waals surface area contributed by atoms with Gasteiger partial charge in [0.25, 0.3) is 0 Å². The van der Waals surface area contributed by atoms with E-state index in [4.69, 9.17) is 21.7 Å². The molecule has 0 amide bonds. The topological polar surface area (TPSA) is 77.5 Å². The van der Waals surface area contributed by atoms with E-state index in [1.807, 2.05) is 24.3 Å². The fraction of sp³-hybridized carbons (Fsp3) is 0.471. The molecule has 1 aliphatic heterocycles. The molecule has 1 fully saturated rings. The van der Waals surface area contributed by atoms with Crippen molar-refractivity contribution in [2.75, 3.05) is 20.1 Å². The number of hydrogen-bond donors (Lipinski definition) is 0. The lowest BCUT2D eigenvalue weighted by Crippen LogP contribution is -2.32. The first-order valence-corrected chi connectivity index (χ1v) is 9.17. The summed E-state index contributed by atoms with van der Waals surface area (Å²) in [4.78, 5) is 7.17. The van der Waals surface area contributed by atoms with E-state index < -0.39 is 0 Å². The van der Waals surface area contributed by atoms with E-state index in [1.165, 1.54) is 0 Å². The van der Waals surface area contributed by atoms with Crippen LogP contribution in [0.2, 0.25) is 5.02 Å². The Labute approximate surface area is 156 Å². The molecular formula is C17H21ClN8. The molecule has 0 saturated carbocycles. The van der Waals surface area contributed by atoms with Gasteiger partial charge in [-0.15, -0.1) is 5.10 Å². The van der Waals surface area contributed by atoms with Crippen LogP contribution in [0.25, 0.3) is 11.4 Å². The summed E-state index contributed by atoms with van der Waals surface area (Å²) in [6, 6.07) is 8.04. The minimum Gasteiger partial charge on any atom is -0.306 e. The first kappa shape index (κ1) is 17.1. The molecule has 3 aromatic rings. The first-order chi connectivity index (χ1) is 12.7. The van der Waals surface area contributed by atoms with Gasteiger partial charge in [0.2, 0.25) is 0 Å². The molecule has 0 bridgehead atoms.